The van der Waals surface area contributed by atoms with E-state index in [0.29, 0.717) is 29.8 Å². The molecule has 2 rings (SSSR count). The van der Waals surface area contributed by atoms with Gasteiger partial charge in [-0.05, 0) is 39.8 Å². The summed E-state index contributed by atoms with van der Waals surface area (Å²) in [5.74, 6) is -0.369. The van der Waals surface area contributed by atoms with Crippen LogP contribution in [-0.2, 0) is 14.9 Å². The Kier molecular flexibility index (Phi) is 6.08. The Hall–Kier alpha value is -2.48. The lowest BCUT2D eigenvalue weighted by Gasteiger charge is -2.19. The van der Waals surface area contributed by atoms with Gasteiger partial charge in [0.15, 0.2) is 16.6 Å². The number of amides is 1. The number of rotatable bonds is 7. The minimum Gasteiger partial charge on any atom is -0.491 e. The van der Waals surface area contributed by atoms with E-state index in [9.17, 15) is 9.59 Å². The summed E-state index contributed by atoms with van der Waals surface area (Å²) in [5.41, 5.74) is -0.167. The third-order valence-electron chi connectivity index (χ3n) is 3.44. The molecule has 0 aliphatic rings. The fourth-order valence-corrected chi connectivity index (χ4v) is 2.90. The van der Waals surface area contributed by atoms with Crippen molar-refractivity contribution in [3.63, 3.8) is 0 Å². The van der Waals surface area contributed by atoms with E-state index < -0.39 is 11.3 Å². The first kappa shape index (κ1) is 18.9. The highest BCUT2D eigenvalue weighted by molar-refractivity contribution is 7.14. The first-order chi connectivity index (χ1) is 11.9. The number of hydrogen-bond donors (Lipinski definition) is 1. The van der Waals surface area contributed by atoms with Crippen LogP contribution < -0.4 is 10.1 Å². The molecule has 25 heavy (non-hydrogen) atoms. The van der Waals surface area contributed by atoms with Crippen LogP contribution >= 0.6 is 11.3 Å². The van der Waals surface area contributed by atoms with Crippen LogP contribution in [0.25, 0.3) is 0 Å². The molecule has 0 aromatic carbocycles. The van der Waals surface area contributed by atoms with Gasteiger partial charge in [0.05, 0.1) is 18.9 Å². The smallest absolute Gasteiger partial charge is 0.317 e. The fourth-order valence-electron chi connectivity index (χ4n) is 2.02. The highest BCUT2D eigenvalue weighted by Crippen LogP contribution is 2.29. The van der Waals surface area contributed by atoms with E-state index >= 15 is 0 Å². The Morgan fingerprint density at radius 2 is 2.04 bits per heavy atom. The quantitative estimate of drug-likeness (QED) is 0.761. The molecule has 2 aromatic heterocycles. The lowest BCUT2D eigenvalue weighted by molar-refractivity contribution is -0.148. The first-order valence-electron chi connectivity index (χ1n) is 7.92. The van der Waals surface area contributed by atoms with Gasteiger partial charge in [-0.1, -0.05) is 0 Å². The molecule has 0 atom stereocenters. The molecule has 0 aliphatic heterocycles. The molecule has 0 bridgehead atoms. The second-order valence-corrected chi connectivity index (χ2v) is 6.48. The number of carbonyl (C=O) groups is 2. The SMILES string of the molecule is CCOC(=O)C(C)(C)c1csc(NC(=O)c2ncccc2OCC)n1. The van der Waals surface area contributed by atoms with Gasteiger partial charge in [-0.25, -0.2) is 9.97 Å². The third-order valence-corrected chi connectivity index (χ3v) is 4.19. The van der Waals surface area contributed by atoms with Crippen LogP contribution in [0.5, 0.6) is 5.75 Å². The molecule has 8 heteroatoms. The van der Waals surface area contributed by atoms with E-state index in [2.05, 4.69) is 15.3 Å². The molecule has 0 unspecified atom stereocenters. The fraction of sp³-hybridized carbons (Fsp3) is 0.412. The van der Waals surface area contributed by atoms with Gasteiger partial charge in [0.2, 0.25) is 0 Å². The van der Waals surface area contributed by atoms with E-state index in [-0.39, 0.29) is 11.7 Å². The summed E-state index contributed by atoms with van der Waals surface area (Å²) < 4.78 is 10.5. The number of esters is 1. The number of nitrogens with one attached hydrogen (secondary N) is 1. The summed E-state index contributed by atoms with van der Waals surface area (Å²) in [6, 6.07) is 3.38. The Bertz CT molecular complexity index is 758. The summed E-state index contributed by atoms with van der Waals surface area (Å²) >= 11 is 1.23. The molecule has 1 N–H and O–H groups in total. The number of carbonyl (C=O) groups excluding carboxylic acids is 2. The first-order valence-corrected chi connectivity index (χ1v) is 8.80. The Morgan fingerprint density at radius 1 is 1.28 bits per heavy atom. The zero-order valence-electron chi connectivity index (χ0n) is 14.7. The van der Waals surface area contributed by atoms with Gasteiger partial charge in [-0.15, -0.1) is 11.3 Å². The van der Waals surface area contributed by atoms with Crippen LogP contribution in [0.2, 0.25) is 0 Å². The zero-order valence-corrected chi connectivity index (χ0v) is 15.5. The molecular formula is C17H21N3O4S. The van der Waals surface area contributed by atoms with E-state index in [1.165, 1.54) is 17.5 Å². The average Bonchev–Trinajstić information content (AvgIpc) is 3.05. The predicted octanol–water partition coefficient (Wildman–Crippen LogP) is 3.03. The minimum atomic E-state index is -0.892. The summed E-state index contributed by atoms with van der Waals surface area (Å²) in [6.07, 6.45) is 1.52. The van der Waals surface area contributed by atoms with Gasteiger partial charge >= 0.3 is 5.97 Å². The van der Waals surface area contributed by atoms with Gasteiger partial charge < -0.3 is 9.47 Å². The van der Waals surface area contributed by atoms with E-state index in [0.717, 1.165) is 0 Å². The Balaban J connectivity index is 2.16. The molecule has 0 aliphatic carbocycles. The van der Waals surface area contributed by atoms with E-state index in [1.54, 1.807) is 38.3 Å². The van der Waals surface area contributed by atoms with Crippen LogP contribution in [0, 0.1) is 0 Å². The van der Waals surface area contributed by atoms with Gasteiger partial charge in [0.1, 0.15) is 5.41 Å². The molecule has 1 amide bonds. The van der Waals surface area contributed by atoms with Crippen molar-refractivity contribution in [1.29, 1.82) is 0 Å². The number of thiazole rings is 1. The maximum absolute atomic E-state index is 12.4. The van der Waals surface area contributed by atoms with Crippen molar-refractivity contribution < 1.29 is 19.1 Å². The lowest BCUT2D eigenvalue weighted by atomic mass is 9.90. The molecule has 2 aromatic rings. The van der Waals surface area contributed by atoms with Crippen molar-refractivity contribution in [1.82, 2.24) is 9.97 Å². The zero-order chi connectivity index (χ0) is 18.4. The number of nitrogens with zero attached hydrogens (tertiary/aromatic N) is 2. The summed E-state index contributed by atoms with van der Waals surface area (Å²) in [4.78, 5) is 32.9. The molecule has 0 radical (unpaired) electrons. The standard InChI is InChI=1S/C17H21N3O4S/c1-5-23-11-8-7-9-18-13(11)14(21)20-16-19-12(10-25-16)17(3,4)15(22)24-6-2/h7-10H,5-6H2,1-4H3,(H,19,20,21). The van der Waals surface area contributed by atoms with Gasteiger partial charge in [0.25, 0.3) is 5.91 Å². The molecule has 0 saturated carbocycles. The maximum Gasteiger partial charge on any atom is 0.317 e. The van der Waals surface area contributed by atoms with Crippen molar-refractivity contribution in [2.45, 2.75) is 33.1 Å². The highest BCUT2D eigenvalue weighted by atomic mass is 32.1. The van der Waals surface area contributed by atoms with Gasteiger partial charge in [0, 0.05) is 11.6 Å². The van der Waals surface area contributed by atoms with E-state index in [4.69, 9.17) is 9.47 Å². The molecule has 0 spiro atoms. The van der Waals surface area contributed by atoms with Crippen molar-refractivity contribution in [2.24, 2.45) is 0 Å². The van der Waals surface area contributed by atoms with E-state index in [1.807, 2.05) is 6.92 Å². The van der Waals surface area contributed by atoms with Crippen LogP contribution in [0.15, 0.2) is 23.7 Å². The number of aromatic nitrogens is 2. The topological polar surface area (TPSA) is 90.4 Å². The number of pyridine rings is 1. The predicted molar refractivity (Wildman–Crippen MR) is 95.1 cm³/mol. The molecular weight excluding hydrogens is 342 g/mol. The van der Waals surface area contributed by atoms with Gasteiger partial charge in [-0.2, -0.15) is 0 Å². The summed E-state index contributed by atoms with van der Waals surface area (Å²) in [5, 5.41) is 4.80. The van der Waals surface area contributed by atoms with Crippen LogP contribution in [0.3, 0.4) is 0 Å². The second kappa shape index (κ2) is 8.06. The lowest BCUT2D eigenvalue weighted by Crippen LogP contribution is -2.31. The monoisotopic (exact) mass is 363 g/mol. The molecule has 0 saturated heterocycles. The van der Waals surface area contributed by atoms with Crippen LogP contribution in [0.4, 0.5) is 5.13 Å². The number of anilines is 1. The summed E-state index contributed by atoms with van der Waals surface area (Å²) in [7, 11) is 0. The van der Waals surface area contributed by atoms with Crippen LogP contribution in [0.1, 0.15) is 43.9 Å². The number of hydrogen-bond acceptors (Lipinski definition) is 7. The molecule has 7 nitrogen and oxygen atoms in total. The Labute approximate surface area is 150 Å². The highest BCUT2D eigenvalue weighted by Gasteiger charge is 2.34. The third kappa shape index (κ3) is 4.33. The molecule has 0 fully saturated rings. The summed E-state index contributed by atoms with van der Waals surface area (Å²) in [6.45, 7) is 7.79. The van der Waals surface area contributed by atoms with Crippen LogP contribution in [-0.4, -0.2) is 35.1 Å². The van der Waals surface area contributed by atoms with Crippen molar-refractivity contribution in [3.05, 3.63) is 35.1 Å². The molecule has 2 heterocycles. The van der Waals surface area contributed by atoms with Crippen molar-refractivity contribution in [3.8, 4) is 5.75 Å². The second-order valence-electron chi connectivity index (χ2n) is 5.62. The minimum absolute atomic E-state index is 0.186. The molecule has 134 valence electrons. The average molecular weight is 363 g/mol. The largest absolute Gasteiger partial charge is 0.491 e. The maximum atomic E-state index is 12.4. The van der Waals surface area contributed by atoms with Gasteiger partial charge in [-0.3, -0.25) is 14.9 Å². The normalized spacial score (nSPS) is 11.0. The van der Waals surface area contributed by atoms with Crippen molar-refractivity contribution in [2.75, 3.05) is 18.5 Å². The van der Waals surface area contributed by atoms with Crippen molar-refractivity contribution >= 4 is 28.3 Å². The number of ether oxygens (including phenoxy) is 2. The Morgan fingerprint density at radius 3 is 2.72 bits per heavy atom.